The number of thioether (sulfide) groups is 1. The highest BCUT2D eigenvalue weighted by Gasteiger charge is 2.42. The zero-order valence-corrected chi connectivity index (χ0v) is 19.7. The van der Waals surface area contributed by atoms with Gasteiger partial charge in [0.1, 0.15) is 6.61 Å². The molecule has 0 spiro atoms. The number of hydrogen-bond donors (Lipinski definition) is 6. The van der Waals surface area contributed by atoms with Crippen LogP contribution in [0.1, 0.15) is 38.5 Å². The van der Waals surface area contributed by atoms with Crippen LogP contribution in [0.25, 0.3) is 0 Å². The number of unbranched alkanes of at least 4 members (excludes halogenated alkanes) is 1. The lowest BCUT2D eigenvalue weighted by molar-refractivity contribution is -0.152. The van der Waals surface area contributed by atoms with Gasteiger partial charge in [0.2, 0.25) is 11.8 Å². The van der Waals surface area contributed by atoms with Gasteiger partial charge < -0.3 is 40.9 Å². The number of carbonyl (C=O) groups excluding carboxylic acids is 4. The van der Waals surface area contributed by atoms with Gasteiger partial charge >= 0.3 is 18.0 Å². The van der Waals surface area contributed by atoms with Crippen molar-refractivity contribution >= 4 is 41.5 Å². The van der Waals surface area contributed by atoms with Gasteiger partial charge in [-0.2, -0.15) is 11.8 Å². The Balaban J connectivity index is 1.64. The summed E-state index contributed by atoms with van der Waals surface area (Å²) >= 11 is 1.80. The number of carboxylic acids is 1. The number of carbonyl (C=O) groups is 5. The van der Waals surface area contributed by atoms with Crippen molar-refractivity contribution < 1.29 is 44.0 Å². The Hall–Kier alpha value is -2.58. The molecular formula is C20H32N4O9S. The molecule has 14 heteroatoms. The first kappa shape index (κ1) is 27.7. The number of likely N-dealkylation sites (N-methyl/N-ethyl adjacent to an activating group) is 1. The van der Waals surface area contributed by atoms with E-state index in [0.29, 0.717) is 11.7 Å². The Labute approximate surface area is 200 Å². The number of hydrogen-bond acceptors (Lipinski definition) is 9. The highest BCUT2D eigenvalue weighted by atomic mass is 32.2. The number of ether oxygens (including phenoxy) is 1. The fourth-order valence-electron chi connectivity index (χ4n) is 3.67. The van der Waals surface area contributed by atoms with E-state index in [-0.39, 0.29) is 49.8 Å². The predicted molar refractivity (Wildman–Crippen MR) is 120 cm³/mol. The molecule has 0 aliphatic carbocycles. The third-order valence-electron chi connectivity index (χ3n) is 5.52. The van der Waals surface area contributed by atoms with Crippen LogP contribution >= 0.6 is 11.8 Å². The number of aliphatic hydroxyl groups is 2. The van der Waals surface area contributed by atoms with Crippen LogP contribution in [0, 0.1) is 0 Å². The number of amides is 4. The monoisotopic (exact) mass is 504 g/mol. The average molecular weight is 505 g/mol. The summed E-state index contributed by atoms with van der Waals surface area (Å²) in [5.74, 6) is -2.36. The van der Waals surface area contributed by atoms with Crippen LogP contribution in [-0.4, -0.2) is 106 Å². The molecular weight excluding hydrogens is 472 g/mol. The molecule has 0 aromatic rings. The maximum atomic E-state index is 12.3. The van der Waals surface area contributed by atoms with Gasteiger partial charge in [-0.25, -0.2) is 9.59 Å². The number of nitrogens with one attached hydrogen (secondary N) is 3. The van der Waals surface area contributed by atoms with Gasteiger partial charge in [0, 0.05) is 30.9 Å². The van der Waals surface area contributed by atoms with Crippen LogP contribution in [0.15, 0.2) is 0 Å². The minimum atomic E-state index is -1.68. The molecule has 2 aliphatic rings. The Bertz CT molecular complexity index is 766. The summed E-state index contributed by atoms with van der Waals surface area (Å²) in [4.78, 5) is 59.9. The average Bonchev–Trinajstić information content (AvgIpc) is 3.31. The van der Waals surface area contributed by atoms with Crippen LogP contribution in [0.3, 0.4) is 0 Å². The molecule has 2 fully saturated rings. The number of fused-ring (bicyclic) bond motifs is 1. The van der Waals surface area contributed by atoms with Crippen molar-refractivity contribution in [3.05, 3.63) is 0 Å². The van der Waals surface area contributed by atoms with Gasteiger partial charge in [-0.15, -0.1) is 0 Å². The normalized spacial score (nSPS) is 21.9. The molecule has 34 heavy (non-hydrogen) atoms. The molecule has 0 aromatic carbocycles. The Morgan fingerprint density at radius 3 is 2.62 bits per heavy atom. The van der Waals surface area contributed by atoms with Crippen molar-refractivity contribution in [2.24, 2.45) is 0 Å². The fraction of sp³-hybridized carbons (Fsp3) is 0.750. The standard InChI is InChI=1S/C20H32N4O9S/c1-24(8-14(25)21-11(19(30)31)9-33-17(29)7-6-16(27)28)15(26)5-3-2-4-13-18-12(10-34-13)22-20(32)23-18/h11-13,16,18,27-28H,2-10H2,1H3,(H,21,25)(H,30,31)(H2,22,23,32). The summed E-state index contributed by atoms with van der Waals surface area (Å²) in [6.45, 7) is -0.983. The highest BCUT2D eigenvalue weighted by Crippen LogP contribution is 2.33. The molecule has 2 aliphatic heterocycles. The van der Waals surface area contributed by atoms with Gasteiger partial charge in [-0.1, -0.05) is 6.42 Å². The number of esters is 1. The summed E-state index contributed by atoms with van der Waals surface area (Å²) in [6.07, 6.45) is 0.250. The zero-order chi connectivity index (χ0) is 25.3. The second-order valence-electron chi connectivity index (χ2n) is 8.28. The topological polar surface area (TPSA) is 195 Å². The molecule has 0 aromatic heterocycles. The minimum Gasteiger partial charge on any atom is -0.480 e. The first-order valence-corrected chi connectivity index (χ1v) is 12.1. The van der Waals surface area contributed by atoms with Crippen LogP contribution in [0.5, 0.6) is 0 Å². The first-order valence-electron chi connectivity index (χ1n) is 11.0. The van der Waals surface area contributed by atoms with Crippen molar-refractivity contribution in [2.75, 3.05) is 26.0 Å². The first-order chi connectivity index (χ1) is 16.1. The molecule has 13 nitrogen and oxygen atoms in total. The third-order valence-corrected chi connectivity index (χ3v) is 7.03. The lowest BCUT2D eigenvalue weighted by atomic mass is 10.0. The number of aliphatic carboxylic acids is 1. The largest absolute Gasteiger partial charge is 0.480 e. The lowest BCUT2D eigenvalue weighted by Crippen LogP contribution is -2.48. The van der Waals surface area contributed by atoms with E-state index in [4.69, 9.17) is 14.9 Å². The maximum absolute atomic E-state index is 12.3. The Morgan fingerprint density at radius 1 is 1.21 bits per heavy atom. The molecule has 4 atom stereocenters. The predicted octanol–water partition coefficient (Wildman–Crippen LogP) is -1.63. The van der Waals surface area contributed by atoms with Gasteiger partial charge in [0.15, 0.2) is 12.3 Å². The number of rotatable bonds is 14. The van der Waals surface area contributed by atoms with E-state index in [1.165, 1.54) is 11.9 Å². The van der Waals surface area contributed by atoms with Crippen LogP contribution in [0.4, 0.5) is 4.79 Å². The number of urea groups is 1. The van der Waals surface area contributed by atoms with E-state index in [1.807, 2.05) is 0 Å². The molecule has 0 radical (unpaired) electrons. The van der Waals surface area contributed by atoms with E-state index in [9.17, 15) is 29.1 Å². The molecule has 6 N–H and O–H groups in total. The lowest BCUT2D eigenvalue weighted by Gasteiger charge is -2.20. The van der Waals surface area contributed by atoms with Crippen molar-refractivity contribution in [1.82, 2.24) is 20.9 Å². The van der Waals surface area contributed by atoms with Gasteiger partial charge in [-0.3, -0.25) is 14.4 Å². The molecule has 0 saturated carbocycles. The summed E-state index contributed by atoms with van der Waals surface area (Å²) in [7, 11) is 1.44. The van der Waals surface area contributed by atoms with Crippen molar-refractivity contribution in [2.45, 2.75) is 68.2 Å². The highest BCUT2D eigenvalue weighted by molar-refractivity contribution is 8.00. The molecule has 2 rings (SSSR count). The molecule has 4 amide bonds. The molecule has 192 valence electrons. The van der Waals surface area contributed by atoms with E-state index < -0.39 is 36.8 Å². The van der Waals surface area contributed by atoms with Crippen molar-refractivity contribution in [1.29, 1.82) is 0 Å². The molecule has 0 bridgehead atoms. The summed E-state index contributed by atoms with van der Waals surface area (Å²) in [6, 6.07) is -1.37. The van der Waals surface area contributed by atoms with E-state index >= 15 is 0 Å². The van der Waals surface area contributed by atoms with E-state index in [2.05, 4.69) is 16.0 Å². The van der Waals surface area contributed by atoms with Crippen LogP contribution in [0.2, 0.25) is 0 Å². The SMILES string of the molecule is CN(CC(=O)NC(COC(=O)CCC(O)O)C(=O)O)C(=O)CCCCC1SCC2NC(=O)NC21. The Morgan fingerprint density at radius 2 is 1.94 bits per heavy atom. The minimum absolute atomic E-state index is 0.113. The summed E-state index contributed by atoms with van der Waals surface area (Å²) in [5.41, 5.74) is 0. The van der Waals surface area contributed by atoms with E-state index in [0.717, 1.165) is 18.6 Å². The second-order valence-corrected chi connectivity index (χ2v) is 9.55. The van der Waals surface area contributed by atoms with Crippen molar-refractivity contribution in [3.8, 4) is 0 Å². The summed E-state index contributed by atoms with van der Waals surface area (Å²) < 4.78 is 4.74. The second kappa shape index (κ2) is 13.3. The third kappa shape index (κ3) is 8.99. The number of carboxylic acid groups (broad SMARTS) is 1. The smallest absolute Gasteiger partial charge is 0.329 e. The van der Waals surface area contributed by atoms with Crippen LogP contribution < -0.4 is 16.0 Å². The van der Waals surface area contributed by atoms with Crippen LogP contribution in [-0.2, 0) is 23.9 Å². The number of nitrogens with zero attached hydrogens (tertiary/aromatic N) is 1. The molecule has 2 saturated heterocycles. The fourth-order valence-corrected chi connectivity index (χ4v) is 5.21. The van der Waals surface area contributed by atoms with Gasteiger partial charge in [0.05, 0.1) is 25.0 Å². The summed E-state index contributed by atoms with van der Waals surface area (Å²) in [5, 5.41) is 35.0. The number of aliphatic hydroxyl groups excluding tert-OH is 1. The van der Waals surface area contributed by atoms with Crippen molar-refractivity contribution in [3.63, 3.8) is 0 Å². The van der Waals surface area contributed by atoms with Gasteiger partial charge in [-0.05, 0) is 12.8 Å². The van der Waals surface area contributed by atoms with Gasteiger partial charge in [0.25, 0.3) is 0 Å². The Kier molecular flexibility index (Phi) is 10.9. The van der Waals surface area contributed by atoms with E-state index in [1.54, 1.807) is 11.8 Å². The maximum Gasteiger partial charge on any atom is 0.329 e. The quantitative estimate of drug-likeness (QED) is 0.0692. The molecule has 2 heterocycles. The molecule has 4 unspecified atom stereocenters. The zero-order valence-electron chi connectivity index (χ0n) is 18.9.